The Bertz CT molecular complexity index is 2270. The number of quaternary nitrogens is 1. The third-order valence-electron chi connectivity index (χ3n) is 9.44. The number of benzene rings is 2. The van der Waals surface area contributed by atoms with E-state index in [4.69, 9.17) is 37.7 Å². The summed E-state index contributed by atoms with van der Waals surface area (Å²) in [5.74, 6) is 0.556. The lowest BCUT2D eigenvalue weighted by Crippen LogP contribution is -2.41. The van der Waals surface area contributed by atoms with E-state index in [1.807, 2.05) is 44.4 Å². The maximum Gasteiger partial charge on any atom is 0.390 e. The molecule has 1 aliphatic rings. The van der Waals surface area contributed by atoms with Gasteiger partial charge in [-0.05, 0) is 47.0 Å². The topological polar surface area (TPSA) is 160 Å². The highest BCUT2D eigenvalue weighted by Crippen LogP contribution is 2.45. The van der Waals surface area contributed by atoms with Gasteiger partial charge in [-0.15, -0.1) is 0 Å². The summed E-state index contributed by atoms with van der Waals surface area (Å²) >= 11 is 13.6. The molecular weight excluding hydrogens is 737 g/mol. The van der Waals surface area contributed by atoms with E-state index in [1.165, 1.54) is 26.6 Å². The van der Waals surface area contributed by atoms with Crippen LogP contribution in [0.2, 0.25) is 10.0 Å². The van der Waals surface area contributed by atoms with Crippen molar-refractivity contribution < 1.29 is 23.7 Å². The van der Waals surface area contributed by atoms with Gasteiger partial charge in [0.1, 0.15) is 23.7 Å². The van der Waals surface area contributed by atoms with Crippen LogP contribution in [-0.4, -0.2) is 92.2 Å². The summed E-state index contributed by atoms with van der Waals surface area (Å²) in [7, 11) is 8.51. The molecule has 0 radical (unpaired) electrons. The van der Waals surface area contributed by atoms with Gasteiger partial charge in [0, 0.05) is 61.2 Å². The first-order valence-corrected chi connectivity index (χ1v) is 17.8. The monoisotopic (exact) mass is 776 g/mol. The molecule has 0 unspecified atom stereocenters. The molecule has 17 heteroatoms. The van der Waals surface area contributed by atoms with Crippen molar-refractivity contribution in [3.05, 3.63) is 103 Å². The number of aromatic nitrogens is 5. The summed E-state index contributed by atoms with van der Waals surface area (Å²) in [6, 6.07) is 12.4. The largest absolute Gasteiger partial charge is 0.495 e. The second kappa shape index (κ2) is 15.8. The molecule has 1 N–H and O–H groups in total. The molecule has 0 aliphatic carbocycles. The number of carbonyl (C=O) groups is 1. The number of para-hydroxylation sites is 1. The molecule has 282 valence electrons. The number of fused-ring (bicyclic) bond motifs is 1. The van der Waals surface area contributed by atoms with Gasteiger partial charge >= 0.3 is 5.82 Å². The van der Waals surface area contributed by atoms with E-state index in [9.17, 15) is 19.7 Å². The van der Waals surface area contributed by atoms with E-state index in [-0.39, 0.29) is 56.0 Å². The summed E-state index contributed by atoms with van der Waals surface area (Å²) in [4.78, 5) is 53.9. The van der Waals surface area contributed by atoms with Crippen molar-refractivity contribution in [3.63, 3.8) is 0 Å². The van der Waals surface area contributed by atoms with Gasteiger partial charge in [-0.1, -0.05) is 41.4 Å². The van der Waals surface area contributed by atoms with Gasteiger partial charge in [-0.25, -0.2) is 4.98 Å². The van der Waals surface area contributed by atoms with Crippen LogP contribution in [0.4, 0.5) is 17.5 Å². The zero-order chi connectivity index (χ0) is 38.7. The fourth-order valence-electron chi connectivity index (χ4n) is 6.61. The number of nitrogens with one attached hydrogen (secondary N) is 1. The molecule has 5 aromatic rings. The van der Waals surface area contributed by atoms with Gasteiger partial charge in [-0.3, -0.25) is 14.2 Å². The van der Waals surface area contributed by atoms with Crippen LogP contribution in [0.25, 0.3) is 22.2 Å². The van der Waals surface area contributed by atoms with Crippen molar-refractivity contribution >= 4 is 57.6 Å². The third kappa shape index (κ3) is 7.88. The normalized spacial score (nSPS) is 13.8. The summed E-state index contributed by atoms with van der Waals surface area (Å²) in [6.07, 6.45) is 7.33. The lowest BCUT2D eigenvalue weighted by Gasteiger charge is -2.33. The summed E-state index contributed by atoms with van der Waals surface area (Å²) in [5.41, 5.74) is 1.81. The fourth-order valence-corrected chi connectivity index (χ4v) is 7.31. The van der Waals surface area contributed by atoms with Crippen LogP contribution in [0, 0.1) is 10.1 Å². The highest BCUT2D eigenvalue weighted by Gasteiger charge is 2.30. The van der Waals surface area contributed by atoms with Gasteiger partial charge in [0.05, 0.1) is 50.5 Å². The molecule has 3 aromatic heterocycles. The number of rotatable bonds is 12. The number of likely N-dealkylation sites (tertiary alicyclic amines) is 1. The number of nitro groups is 1. The molecule has 1 saturated heterocycles. The molecule has 1 amide bonds. The number of ether oxygens (including phenoxy) is 2. The number of piperidine rings is 1. The fraction of sp³-hybridized carbons (Fsp3) is 0.324. The molecule has 0 bridgehead atoms. The first-order chi connectivity index (χ1) is 25.8. The number of hydrogen-bond donors (Lipinski definition) is 1. The molecule has 1 fully saturated rings. The van der Waals surface area contributed by atoms with Crippen LogP contribution in [0.15, 0.2) is 71.9 Å². The molecule has 6 rings (SSSR count). The number of likely N-dealkylation sites (N-methyl/N-ethyl adjacent to an activating group) is 1. The molecular formula is C37H40Cl2N9O6+. The zero-order valence-electron chi connectivity index (χ0n) is 30.5. The Kier molecular flexibility index (Phi) is 11.2. The van der Waals surface area contributed by atoms with Crippen molar-refractivity contribution in [2.75, 3.05) is 53.3 Å². The minimum Gasteiger partial charge on any atom is -0.495 e. The quantitative estimate of drug-likeness (QED) is 0.0673. The lowest BCUT2D eigenvalue weighted by molar-refractivity contribution is -0.898. The van der Waals surface area contributed by atoms with Crippen LogP contribution in [-0.2, 0) is 18.4 Å². The Balaban J connectivity index is 1.28. The molecule has 4 heterocycles. The number of nitrogens with zero attached hydrogens (tertiary/aromatic N) is 8. The standard InChI is InChI=1S/C37H39Cl2N9O6/c1-44-22-41-35(47(51)52)27(44)21-48(2,3)17-9-12-30(49)45-15-13-25(14-16-45)46-34-23(20-40-37(43-34)42-24-10-7-6-8-11-24)18-26(36(46)50)31-32(38)28(53-4)19-29(54-5)33(31)39/h6-12,18-20,22,25H,13-17,21H2,1-5H3/p+1/b12-9+. The predicted octanol–water partition coefficient (Wildman–Crippen LogP) is 6.16. The second-order valence-corrected chi connectivity index (χ2v) is 14.4. The molecule has 2 aromatic carbocycles. The van der Waals surface area contributed by atoms with E-state index >= 15 is 0 Å². The maximum absolute atomic E-state index is 14.6. The van der Waals surface area contributed by atoms with Gasteiger partial charge in [0.25, 0.3) is 5.56 Å². The van der Waals surface area contributed by atoms with Gasteiger partial charge in [0.15, 0.2) is 5.69 Å². The number of methoxy groups -OCH3 is 2. The van der Waals surface area contributed by atoms with Gasteiger partial charge < -0.3 is 38.9 Å². The van der Waals surface area contributed by atoms with Gasteiger partial charge in [0.2, 0.25) is 18.2 Å². The average Bonchev–Trinajstić information content (AvgIpc) is 3.51. The number of pyridine rings is 1. The molecule has 0 saturated carbocycles. The average molecular weight is 778 g/mol. The van der Waals surface area contributed by atoms with Crippen LogP contribution < -0.4 is 20.3 Å². The van der Waals surface area contributed by atoms with Crippen LogP contribution in [0.3, 0.4) is 0 Å². The van der Waals surface area contributed by atoms with Crippen molar-refractivity contribution in [3.8, 4) is 22.6 Å². The molecule has 15 nitrogen and oxygen atoms in total. The smallest absolute Gasteiger partial charge is 0.390 e. The Morgan fingerprint density at radius 2 is 1.74 bits per heavy atom. The Hall–Kier alpha value is -5.51. The number of hydrogen-bond acceptors (Lipinski definition) is 10. The maximum atomic E-state index is 14.6. The summed E-state index contributed by atoms with van der Waals surface area (Å²) < 4.78 is 14.6. The van der Waals surface area contributed by atoms with E-state index in [0.717, 1.165) is 5.69 Å². The van der Waals surface area contributed by atoms with E-state index in [2.05, 4.69) is 15.3 Å². The lowest BCUT2D eigenvalue weighted by atomic mass is 10.0. The molecule has 1 aliphatic heterocycles. The van der Waals surface area contributed by atoms with Crippen molar-refractivity contribution in [2.45, 2.75) is 25.4 Å². The number of halogens is 2. The minimum absolute atomic E-state index is 0.155. The van der Waals surface area contributed by atoms with Crippen molar-refractivity contribution in [2.24, 2.45) is 7.05 Å². The number of anilines is 2. The highest BCUT2D eigenvalue weighted by atomic mass is 35.5. The van der Waals surface area contributed by atoms with E-state index in [0.29, 0.717) is 66.2 Å². The van der Waals surface area contributed by atoms with Crippen LogP contribution >= 0.6 is 23.2 Å². The van der Waals surface area contributed by atoms with Gasteiger partial charge in [-0.2, -0.15) is 4.98 Å². The molecule has 0 spiro atoms. The number of amides is 1. The van der Waals surface area contributed by atoms with E-state index in [1.54, 1.807) is 45.5 Å². The Labute approximate surface area is 321 Å². The summed E-state index contributed by atoms with van der Waals surface area (Å²) in [6.45, 7) is 1.59. The first kappa shape index (κ1) is 38.2. The Morgan fingerprint density at radius 1 is 1.07 bits per heavy atom. The van der Waals surface area contributed by atoms with E-state index < -0.39 is 4.92 Å². The second-order valence-electron chi connectivity index (χ2n) is 13.6. The van der Waals surface area contributed by atoms with Crippen molar-refractivity contribution in [1.29, 1.82) is 0 Å². The Morgan fingerprint density at radius 3 is 2.37 bits per heavy atom. The SMILES string of the molecule is COc1cc(OC)c(Cl)c(-c2cc3cnc(Nc4ccccc4)nc3n(C3CCN(C(=O)/C=C/C[N+](C)(C)Cc4c([N+](=O)[O-])ncn4C)CC3)c2=O)c1Cl. The number of aryl methyl sites for hydroxylation is 1. The van der Waals surface area contributed by atoms with Crippen LogP contribution in [0.5, 0.6) is 11.5 Å². The van der Waals surface area contributed by atoms with Crippen LogP contribution in [0.1, 0.15) is 24.6 Å². The molecule has 0 atom stereocenters. The first-order valence-electron chi connectivity index (χ1n) is 17.1. The predicted molar refractivity (Wildman–Crippen MR) is 207 cm³/mol. The minimum atomic E-state index is -0.487. The third-order valence-corrected chi connectivity index (χ3v) is 10.2. The zero-order valence-corrected chi connectivity index (χ0v) is 32.0. The number of imidazole rings is 1. The molecule has 54 heavy (non-hydrogen) atoms. The number of carbonyl (C=O) groups excluding carboxylic acids is 1. The summed E-state index contributed by atoms with van der Waals surface area (Å²) in [5, 5.41) is 15.5. The van der Waals surface area contributed by atoms with Crippen molar-refractivity contribution in [1.82, 2.24) is 29.0 Å². The highest BCUT2D eigenvalue weighted by molar-refractivity contribution is 6.41.